The maximum absolute atomic E-state index is 11.5. The zero-order valence-electron chi connectivity index (χ0n) is 13.8. The number of nitrogens with zero attached hydrogens (tertiary/aromatic N) is 1. The van der Waals surface area contributed by atoms with Gasteiger partial charge in [0.1, 0.15) is 11.4 Å². The molecule has 0 fully saturated rings. The number of hydrogen-bond donors (Lipinski definition) is 1. The van der Waals surface area contributed by atoms with Gasteiger partial charge in [-0.2, -0.15) is 0 Å². The highest BCUT2D eigenvalue weighted by Gasteiger charge is 2.38. The quantitative estimate of drug-likeness (QED) is 0.844. The van der Waals surface area contributed by atoms with Gasteiger partial charge in [-0.1, -0.05) is 20.3 Å². The minimum Gasteiger partial charge on any atom is -0.480 e. The smallest absolute Gasteiger partial charge is 0.244 e. The number of amides is 1. The summed E-state index contributed by atoms with van der Waals surface area (Å²) in [6.07, 6.45) is 8.11. The third kappa shape index (κ3) is 2.78. The fraction of sp³-hybridized carbons (Fsp3) is 0.444. The molecule has 1 aromatic heterocycles. The lowest BCUT2D eigenvalue weighted by Crippen LogP contribution is -2.40. The Kier molecular flexibility index (Phi) is 4.69. The molecule has 2 heterocycles. The Morgan fingerprint density at radius 1 is 1.45 bits per heavy atom. The Morgan fingerprint density at radius 2 is 2.18 bits per heavy atom. The molecule has 2 rings (SSSR count). The Bertz CT molecular complexity index is 646. The molecule has 0 aliphatic carbocycles. The van der Waals surface area contributed by atoms with Crippen LogP contribution in [-0.2, 0) is 4.79 Å². The fourth-order valence-electron chi connectivity index (χ4n) is 3.08. The topological polar surface area (TPSA) is 65.2 Å². The van der Waals surface area contributed by atoms with Gasteiger partial charge in [0.2, 0.25) is 5.91 Å². The number of ether oxygens (including phenoxy) is 1. The van der Waals surface area contributed by atoms with Crippen molar-refractivity contribution in [3.8, 4) is 5.75 Å². The van der Waals surface area contributed by atoms with Crippen molar-refractivity contribution in [2.45, 2.75) is 52.6 Å². The summed E-state index contributed by atoms with van der Waals surface area (Å²) < 4.78 is 6.36. The van der Waals surface area contributed by atoms with Crippen molar-refractivity contribution < 1.29 is 9.53 Å². The van der Waals surface area contributed by atoms with Crippen LogP contribution in [0.25, 0.3) is 5.57 Å². The van der Waals surface area contributed by atoms with Gasteiger partial charge in [-0.15, -0.1) is 0 Å². The molecule has 1 aliphatic heterocycles. The van der Waals surface area contributed by atoms with Crippen LogP contribution in [0, 0.1) is 0 Å². The van der Waals surface area contributed by atoms with Crippen molar-refractivity contribution in [2.75, 3.05) is 0 Å². The number of fused-ring (bicyclic) bond motifs is 1. The van der Waals surface area contributed by atoms with E-state index in [1.165, 1.54) is 0 Å². The molecule has 0 radical (unpaired) electrons. The molecule has 0 aromatic carbocycles. The number of carbonyl (C=O) groups is 1. The van der Waals surface area contributed by atoms with Crippen LogP contribution < -0.4 is 10.5 Å². The van der Waals surface area contributed by atoms with Gasteiger partial charge in [-0.25, -0.2) is 0 Å². The maximum atomic E-state index is 11.5. The lowest BCUT2D eigenvalue weighted by atomic mass is 9.79. The summed E-state index contributed by atoms with van der Waals surface area (Å²) in [4.78, 5) is 15.6. The van der Waals surface area contributed by atoms with Crippen LogP contribution in [0.4, 0.5) is 0 Å². The number of rotatable bonds is 5. The average Bonchev–Trinajstić information content (AvgIpc) is 2.51. The molecule has 0 spiro atoms. The van der Waals surface area contributed by atoms with Crippen LogP contribution in [0.15, 0.2) is 35.7 Å². The van der Waals surface area contributed by atoms with Crippen molar-refractivity contribution >= 4 is 11.5 Å². The standard InChI is InChI=1S/C18H24N2O2/c1-5-8-18(6-2)15(10-12(3)17(19)21)13(4)14-7-9-20-11-16(14)22-18/h7,9-11H,5-6,8H2,1-4H3,(H2,19,21)/b12-10+. The van der Waals surface area contributed by atoms with E-state index in [2.05, 4.69) is 25.8 Å². The monoisotopic (exact) mass is 300 g/mol. The Morgan fingerprint density at radius 3 is 2.77 bits per heavy atom. The number of aromatic nitrogens is 1. The SMILES string of the molecule is CCCC1(CC)Oc2cnccc2C(C)=C1/C=C(\C)C(N)=O. The number of hydrogen-bond acceptors (Lipinski definition) is 3. The number of nitrogens with two attached hydrogens (primary N) is 1. The summed E-state index contributed by atoms with van der Waals surface area (Å²) in [7, 11) is 0. The zero-order valence-corrected chi connectivity index (χ0v) is 13.8. The lowest BCUT2D eigenvalue weighted by Gasteiger charge is -2.40. The normalized spacial score (nSPS) is 21.4. The number of allylic oxidation sites excluding steroid dienone is 1. The summed E-state index contributed by atoms with van der Waals surface area (Å²) in [6, 6.07) is 1.95. The summed E-state index contributed by atoms with van der Waals surface area (Å²) >= 11 is 0. The zero-order chi connectivity index (χ0) is 16.3. The van der Waals surface area contributed by atoms with Gasteiger partial charge < -0.3 is 10.5 Å². The predicted octanol–water partition coefficient (Wildman–Crippen LogP) is 3.63. The minimum atomic E-state index is -0.425. The van der Waals surface area contributed by atoms with Gasteiger partial charge >= 0.3 is 0 Å². The first-order chi connectivity index (χ1) is 10.4. The van der Waals surface area contributed by atoms with E-state index in [4.69, 9.17) is 10.5 Å². The van der Waals surface area contributed by atoms with E-state index in [9.17, 15) is 4.79 Å². The van der Waals surface area contributed by atoms with Crippen LogP contribution in [0.5, 0.6) is 5.75 Å². The first-order valence-electron chi connectivity index (χ1n) is 7.78. The van der Waals surface area contributed by atoms with Crippen molar-refractivity contribution in [1.82, 2.24) is 4.98 Å². The molecule has 4 nitrogen and oxygen atoms in total. The van der Waals surface area contributed by atoms with Crippen LogP contribution in [-0.4, -0.2) is 16.5 Å². The molecular weight excluding hydrogens is 276 g/mol. The molecule has 1 aromatic rings. The maximum Gasteiger partial charge on any atom is 0.244 e. The molecular formula is C18H24N2O2. The van der Waals surface area contributed by atoms with Crippen molar-refractivity contribution in [3.05, 3.63) is 41.2 Å². The number of primary amides is 1. The highest BCUT2D eigenvalue weighted by atomic mass is 16.5. The highest BCUT2D eigenvalue weighted by Crippen LogP contribution is 2.44. The molecule has 0 saturated carbocycles. The Balaban J connectivity index is 2.68. The Labute approximate surface area is 132 Å². The van der Waals surface area contributed by atoms with E-state index in [0.717, 1.165) is 41.7 Å². The van der Waals surface area contributed by atoms with Gasteiger partial charge in [0, 0.05) is 17.3 Å². The van der Waals surface area contributed by atoms with Crippen LogP contribution in [0.1, 0.15) is 52.5 Å². The first-order valence-corrected chi connectivity index (χ1v) is 7.78. The van der Waals surface area contributed by atoms with E-state index in [-0.39, 0.29) is 0 Å². The molecule has 0 saturated heterocycles. The molecule has 2 N–H and O–H groups in total. The number of carbonyl (C=O) groups excluding carboxylic acids is 1. The van der Waals surface area contributed by atoms with Gasteiger partial charge in [0.05, 0.1) is 6.20 Å². The first kappa shape index (κ1) is 16.3. The van der Waals surface area contributed by atoms with E-state index >= 15 is 0 Å². The molecule has 0 bridgehead atoms. The molecule has 1 aliphatic rings. The minimum absolute atomic E-state index is 0.401. The summed E-state index contributed by atoms with van der Waals surface area (Å²) in [5.41, 5.74) is 8.74. The van der Waals surface area contributed by atoms with Crippen LogP contribution in [0.3, 0.4) is 0 Å². The van der Waals surface area contributed by atoms with Crippen molar-refractivity contribution in [3.63, 3.8) is 0 Å². The van der Waals surface area contributed by atoms with Crippen LogP contribution in [0.2, 0.25) is 0 Å². The van der Waals surface area contributed by atoms with E-state index in [0.29, 0.717) is 5.57 Å². The van der Waals surface area contributed by atoms with Crippen molar-refractivity contribution in [1.29, 1.82) is 0 Å². The molecule has 1 atom stereocenters. The lowest BCUT2D eigenvalue weighted by molar-refractivity contribution is -0.114. The second-order valence-electron chi connectivity index (χ2n) is 5.80. The number of pyridine rings is 1. The van der Waals surface area contributed by atoms with Gasteiger partial charge in [-0.3, -0.25) is 9.78 Å². The average molecular weight is 300 g/mol. The molecule has 4 heteroatoms. The predicted molar refractivity (Wildman–Crippen MR) is 88.3 cm³/mol. The second kappa shape index (κ2) is 6.34. The Hall–Kier alpha value is -2.10. The highest BCUT2D eigenvalue weighted by molar-refractivity contribution is 5.92. The van der Waals surface area contributed by atoms with Gasteiger partial charge in [-0.05, 0) is 50.0 Å². The van der Waals surface area contributed by atoms with Gasteiger partial charge in [0.15, 0.2) is 0 Å². The largest absolute Gasteiger partial charge is 0.480 e. The summed E-state index contributed by atoms with van der Waals surface area (Å²) in [6.45, 7) is 8.06. The van der Waals surface area contributed by atoms with Gasteiger partial charge in [0.25, 0.3) is 0 Å². The van der Waals surface area contributed by atoms with E-state index in [1.54, 1.807) is 19.3 Å². The van der Waals surface area contributed by atoms with Crippen molar-refractivity contribution in [2.24, 2.45) is 5.73 Å². The molecule has 118 valence electrons. The van der Waals surface area contributed by atoms with Crippen LogP contribution >= 0.6 is 0 Å². The third-order valence-corrected chi connectivity index (χ3v) is 4.36. The second-order valence-corrected chi connectivity index (χ2v) is 5.80. The third-order valence-electron chi connectivity index (χ3n) is 4.36. The van der Waals surface area contributed by atoms with E-state index in [1.807, 2.05) is 12.1 Å². The summed E-state index contributed by atoms with van der Waals surface area (Å²) in [5.74, 6) is 0.409. The fourth-order valence-corrected chi connectivity index (χ4v) is 3.08. The summed E-state index contributed by atoms with van der Waals surface area (Å²) in [5, 5.41) is 0. The molecule has 22 heavy (non-hydrogen) atoms. The molecule has 1 unspecified atom stereocenters. The molecule has 1 amide bonds. The van der Waals surface area contributed by atoms with E-state index < -0.39 is 11.5 Å².